The van der Waals surface area contributed by atoms with Crippen molar-refractivity contribution in [3.8, 4) is 11.1 Å². The van der Waals surface area contributed by atoms with Gasteiger partial charge in [0.15, 0.2) is 9.84 Å². The molecule has 3 rings (SSSR count). The third kappa shape index (κ3) is 5.26. The van der Waals surface area contributed by atoms with E-state index in [0.717, 1.165) is 6.26 Å². The highest BCUT2D eigenvalue weighted by Crippen LogP contribution is 2.32. The third-order valence-corrected chi connectivity index (χ3v) is 7.99. The summed E-state index contributed by atoms with van der Waals surface area (Å²) >= 11 is 6.10. The molecule has 0 atom stereocenters. The van der Waals surface area contributed by atoms with E-state index >= 15 is 0 Å². The second-order valence-corrected chi connectivity index (χ2v) is 12.3. The summed E-state index contributed by atoms with van der Waals surface area (Å²) in [6, 6.07) is 17.6. The van der Waals surface area contributed by atoms with Gasteiger partial charge in [0.2, 0.25) is 0 Å². The zero-order valence-electron chi connectivity index (χ0n) is 18.0. The Morgan fingerprint density at radius 2 is 1.53 bits per heavy atom. The quantitative estimate of drug-likeness (QED) is 0.476. The van der Waals surface area contributed by atoms with Crippen molar-refractivity contribution in [2.24, 2.45) is 5.92 Å². The Kier molecular flexibility index (Phi) is 6.88. The number of rotatable bonds is 7. The van der Waals surface area contributed by atoms with E-state index in [1.165, 1.54) is 28.6 Å². The summed E-state index contributed by atoms with van der Waals surface area (Å²) in [7, 11) is -7.21. The maximum absolute atomic E-state index is 13.5. The molecule has 0 aliphatic rings. The van der Waals surface area contributed by atoms with Crippen LogP contribution in [-0.2, 0) is 19.9 Å². The van der Waals surface area contributed by atoms with Crippen molar-refractivity contribution in [1.82, 2.24) is 0 Å². The molecule has 9 heteroatoms. The van der Waals surface area contributed by atoms with E-state index in [-0.39, 0.29) is 27.9 Å². The zero-order chi connectivity index (χ0) is 23.7. The van der Waals surface area contributed by atoms with Crippen LogP contribution in [0.3, 0.4) is 0 Å². The van der Waals surface area contributed by atoms with Crippen molar-refractivity contribution >= 4 is 42.8 Å². The molecule has 170 valence electrons. The summed E-state index contributed by atoms with van der Waals surface area (Å²) in [5.41, 5.74) is 8.27. The molecule has 3 aromatic carbocycles. The number of benzene rings is 3. The lowest BCUT2D eigenvalue weighted by Gasteiger charge is -2.26. The second-order valence-electron chi connectivity index (χ2n) is 7.96. The van der Waals surface area contributed by atoms with Crippen molar-refractivity contribution in [3.05, 3.63) is 71.8 Å². The molecule has 6 nitrogen and oxygen atoms in total. The van der Waals surface area contributed by atoms with E-state index in [1.807, 2.05) is 13.8 Å². The molecule has 0 saturated heterocycles. The van der Waals surface area contributed by atoms with Gasteiger partial charge in [-0.1, -0.05) is 49.7 Å². The number of nitrogen functional groups attached to an aromatic ring is 1. The van der Waals surface area contributed by atoms with Gasteiger partial charge in [-0.3, -0.25) is 4.31 Å². The van der Waals surface area contributed by atoms with Gasteiger partial charge < -0.3 is 5.73 Å². The van der Waals surface area contributed by atoms with Crippen LogP contribution < -0.4 is 10.0 Å². The molecular weight excluding hydrogens is 468 g/mol. The third-order valence-electron chi connectivity index (χ3n) is 4.83. The first-order valence-corrected chi connectivity index (χ1v) is 13.6. The lowest BCUT2D eigenvalue weighted by Crippen LogP contribution is -2.34. The van der Waals surface area contributed by atoms with Crippen LogP contribution in [0.5, 0.6) is 0 Å². The van der Waals surface area contributed by atoms with Gasteiger partial charge in [0, 0.05) is 29.1 Å². The van der Waals surface area contributed by atoms with E-state index in [4.69, 9.17) is 17.3 Å². The summed E-state index contributed by atoms with van der Waals surface area (Å²) in [6.07, 6.45) is 1.14. The first kappa shape index (κ1) is 24.1. The van der Waals surface area contributed by atoms with Gasteiger partial charge in [0.05, 0.1) is 15.5 Å². The van der Waals surface area contributed by atoms with Gasteiger partial charge in [-0.05, 0) is 53.9 Å². The molecule has 0 aliphatic heterocycles. The first-order valence-electron chi connectivity index (χ1n) is 9.88. The van der Waals surface area contributed by atoms with Crippen LogP contribution in [0.4, 0.5) is 11.4 Å². The Morgan fingerprint density at radius 3 is 2.06 bits per heavy atom. The number of anilines is 2. The van der Waals surface area contributed by atoms with Gasteiger partial charge in [0.1, 0.15) is 0 Å². The predicted octanol–water partition coefficient (Wildman–Crippen LogP) is 4.84. The van der Waals surface area contributed by atoms with Crippen LogP contribution in [0.2, 0.25) is 5.02 Å². The number of sulfone groups is 1. The van der Waals surface area contributed by atoms with Crippen molar-refractivity contribution in [2.45, 2.75) is 23.6 Å². The molecule has 0 saturated carbocycles. The summed E-state index contributed by atoms with van der Waals surface area (Å²) in [6.45, 7) is 4.15. The van der Waals surface area contributed by atoms with Crippen LogP contribution in [0.25, 0.3) is 11.1 Å². The van der Waals surface area contributed by atoms with Gasteiger partial charge in [-0.15, -0.1) is 0 Å². The molecule has 3 aromatic rings. The maximum Gasteiger partial charge on any atom is 0.264 e. The Hall–Kier alpha value is -2.55. The highest BCUT2D eigenvalue weighted by atomic mass is 35.5. The molecule has 0 fully saturated rings. The van der Waals surface area contributed by atoms with Gasteiger partial charge in [-0.2, -0.15) is 0 Å². The fraction of sp³-hybridized carbons (Fsp3) is 0.217. The molecule has 0 unspecified atom stereocenters. The normalized spacial score (nSPS) is 12.2. The average molecular weight is 493 g/mol. The van der Waals surface area contributed by atoms with E-state index in [1.54, 1.807) is 42.5 Å². The molecule has 0 radical (unpaired) electrons. The monoisotopic (exact) mass is 492 g/mol. The minimum Gasteiger partial charge on any atom is -0.398 e. The summed E-state index contributed by atoms with van der Waals surface area (Å²) < 4.78 is 51.7. The highest BCUT2D eigenvalue weighted by Gasteiger charge is 2.26. The Morgan fingerprint density at radius 1 is 0.906 bits per heavy atom. The van der Waals surface area contributed by atoms with E-state index in [9.17, 15) is 16.8 Å². The molecule has 32 heavy (non-hydrogen) atoms. The standard InChI is InChI=1S/C23H25ClN2O4S2/c1-16(2)15-26(19-6-4-5-18(24)13-19)32(29,30)21-11-12-22(23(25)14-21)17-7-9-20(10-8-17)31(3,27)28/h4-14,16H,15,25H2,1-3H3. The first-order chi connectivity index (χ1) is 14.9. The Labute approximate surface area is 194 Å². The number of nitrogens with zero attached hydrogens (tertiary/aromatic N) is 1. The minimum absolute atomic E-state index is 0.0622. The largest absolute Gasteiger partial charge is 0.398 e. The van der Waals surface area contributed by atoms with E-state index in [2.05, 4.69) is 0 Å². The lowest BCUT2D eigenvalue weighted by atomic mass is 10.0. The Bertz CT molecular complexity index is 1340. The number of halogens is 1. The van der Waals surface area contributed by atoms with Gasteiger partial charge >= 0.3 is 0 Å². The predicted molar refractivity (Wildman–Crippen MR) is 130 cm³/mol. The smallest absolute Gasteiger partial charge is 0.264 e. The Balaban J connectivity index is 2.02. The molecule has 0 heterocycles. The SMILES string of the molecule is CC(C)CN(c1cccc(Cl)c1)S(=O)(=O)c1ccc(-c2ccc(S(C)(=O)=O)cc2)c(N)c1. The molecule has 0 aliphatic carbocycles. The van der Waals surface area contributed by atoms with Crippen LogP contribution >= 0.6 is 11.6 Å². The van der Waals surface area contributed by atoms with Crippen molar-refractivity contribution < 1.29 is 16.8 Å². The number of sulfonamides is 1. The molecule has 0 amide bonds. The van der Waals surface area contributed by atoms with Crippen LogP contribution in [-0.4, -0.2) is 29.6 Å². The summed E-state index contributed by atoms with van der Waals surface area (Å²) in [4.78, 5) is 0.261. The fourth-order valence-corrected chi connectivity index (χ4v) is 5.75. The second kappa shape index (κ2) is 9.13. The number of hydrogen-bond acceptors (Lipinski definition) is 5. The number of hydrogen-bond donors (Lipinski definition) is 1. The lowest BCUT2D eigenvalue weighted by molar-refractivity contribution is 0.578. The average Bonchev–Trinajstić information content (AvgIpc) is 2.71. The van der Waals surface area contributed by atoms with Crippen LogP contribution in [0, 0.1) is 5.92 Å². The molecule has 0 aromatic heterocycles. The van der Waals surface area contributed by atoms with E-state index < -0.39 is 19.9 Å². The van der Waals surface area contributed by atoms with Crippen LogP contribution in [0.15, 0.2) is 76.5 Å². The molecule has 2 N–H and O–H groups in total. The fourth-order valence-electron chi connectivity index (χ4n) is 3.28. The van der Waals surface area contributed by atoms with Crippen molar-refractivity contribution in [2.75, 3.05) is 22.8 Å². The van der Waals surface area contributed by atoms with Crippen molar-refractivity contribution in [3.63, 3.8) is 0 Å². The zero-order valence-corrected chi connectivity index (χ0v) is 20.4. The van der Waals surface area contributed by atoms with Gasteiger partial charge in [-0.25, -0.2) is 16.8 Å². The molecular formula is C23H25ClN2O4S2. The topological polar surface area (TPSA) is 97.5 Å². The molecule has 0 bridgehead atoms. The van der Waals surface area contributed by atoms with E-state index in [0.29, 0.717) is 21.8 Å². The highest BCUT2D eigenvalue weighted by molar-refractivity contribution is 7.92. The molecule has 0 spiro atoms. The van der Waals surface area contributed by atoms with Gasteiger partial charge in [0.25, 0.3) is 10.0 Å². The summed E-state index contributed by atoms with van der Waals surface area (Å²) in [5, 5.41) is 0.443. The maximum atomic E-state index is 13.5. The number of nitrogens with two attached hydrogens (primary N) is 1. The van der Waals surface area contributed by atoms with Crippen molar-refractivity contribution in [1.29, 1.82) is 0 Å². The minimum atomic E-state index is -3.90. The van der Waals surface area contributed by atoms with Crippen LogP contribution in [0.1, 0.15) is 13.8 Å². The summed E-state index contributed by atoms with van der Waals surface area (Å²) in [5.74, 6) is 0.0775.